The highest BCUT2D eigenvalue weighted by molar-refractivity contribution is 7.43. The lowest BCUT2D eigenvalue weighted by Gasteiger charge is -2.20. The van der Waals surface area contributed by atoms with Gasteiger partial charge in [0.25, 0.3) is 0 Å². The number of benzene rings is 3. The Labute approximate surface area is 360 Å². The highest BCUT2D eigenvalue weighted by atomic mass is 31.2. The zero-order valence-electron chi connectivity index (χ0n) is 38.2. The molecule has 326 valence electrons. The van der Waals surface area contributed by atoms with Crippen molar-refractivity contribution in [3.05, 3.63) is 89.0 Å². The molecule has 3 aromatic carbocycles. The number of aryl methyl sites for hydroxylation is 4. The van der Waals surface area contributed by atoms with Gasteiger partial charge in [-0.15, -0.1) is 0 Å². The molecule has 58 heavy (non-hydrogen) atoms. The van der Waals surface area contributed by atoms with E-state index in [9.17, 15) is 0 Å². The molecule has 0 radical (unpaired) electrons. The summed E-state index contributed by atoms with van der Waals surface area (Å²) in [7, 11) is -1.73. The molecule has 0 aliphatic rings. The monoisotopic (exact) mass is 815 g/mol. The van der Waals surface area contributed by atoms with Crippen LogP contribution < -0.4 is 13.6 Å². The van der Waals surface area contributed by atoms with Crippen LogP contribution in [-0.4, -0.2) is 0 Å². The smallest absolute Gasteiger partial charge is 0.409 e. The summed E-state index contributed by atoms with van der Waals surface area (Å²) in [6.45, 7) is 9.16. The maximum Gasteiger partial charge on any atom is 0.530 e. The first kappa shape index (κ1) is 49.8. The Morgan fingerprint density at radius 1 is 0.310 bits per heavy atom. The zero-order chi connectivity index (χ0) is 41.1. The second kappa shape index (κ2) is 34.2. The van der Waals surface area contributed by atoms with Crippen LogP contribution in [0.1, 0.15) is 230 Å². The lowest BCUT2D eigenvalue weighted by Crippen LogP contribution is -2.05. The molecule has 3 aromatic rings. The summed E-state index contributed by atoms with van der Waals surface area (Å²) in [6.07, 6.45) is 41.5. The maximum atomic E-state index is 6.82. The predicted molar refractivity (Wildman–Crippen MR) is 255 cm³/mol. The third-order valence-corrected chi connectivity index (χ3v) is 12.8. The summed E-state index contributed by atoms with van der Waals surface area (Å²) < 4.78 is 20.0. The van der Waals surface area contributed by atoms with Crippen LogP contribution in [0.25, 0.3) is 0 Å². The molecule has 0 bridgehead atoms. The van der Waals surface area contributed by atoms with Crippen LogP contribution in [-0.2, 0) is 25.7 Å². The van der Waals surface area contributed by atoms with Crippen LogP contribution in [0.15, 0.2) is 66.7 Å². The van der Waals surface area contributed by atoms with E-state index in [1.807, 2.05) is 0 Å². The lowest BCUT2D eigenvalue weighted by atomic mass is 9.99. The van der Waals surface area contributed by atoms with E-state index in [-0.39, 0.29) is 0 Å². The quantitative estimate of drug-likeness (QED) is 0.0426. The molecule has 3 nitrogen and oxygen atoms in total. The van der Waals surface area contributed by atoms with Crippen molar-refractivity contribution in [3.8, 4) is 17.2 Å². The van der Waals surface area contributed by atoms with Crippen molar-refractivity contribution < 1.29 is 13.6 Å². The van der Waals surface area contributed by atoms with Crippen molar-refractivity contribution in [1.82, 2.24) is 0 Å². The summed E-state index contributed by atoms with van der Waals surface area (Å²) in [6, 6.07) is 24.2. The highest BCUT2D eigenvalue weighted by Gasteiger charge is 2.22. The summed E-state index contributed by atoms with van der Waals surface area (Å²) in [5.74, 6) is 2.51. The van der Waals surface area contributed by atoms with E-state index in [0.29, 0.717) is 0 Å². The molecule has 0 aromatic heterocycles. The van der Waals surface area contributed by atoms with Gasteiger partial charge in [0, 0.05) is 0 Å². The van der Waals surface area contributed by atoms with E-state index in [1.165, 1.54) is 202 Å². The topological polar surface area (TPSA) is 27.7 Å². The van der Waals surface area contributed by atoms with Gasteiger partial charge in [-0.1, -0.05) is 218 Å². The molecule has 0 atom stereocenters. The van der Waals surface area contributed by atoms with Gasteiger partial charge in [-0.25, -0.2) is 0 Å². The van der Waals surface area contributed by atoms with Crippen molar-refractivity contribution in [2.75, 3.05) is 0 Å². The van der Waals surface area contributed by atoms with E-state index >= 15 is 0 Å². The second-order valence-electron chi connectivity index (χ2n) is 17.2. The fourth-order valence-electron chi connectivity index (χ4n) is 7.95. The van der Waals surface area contributed by atoms with E-state index in [2.05, 4.69) is 94.4 Å². The van der Waals surface area contributed by atoms with Gasteiger partial charge in [-0.2, -0.15) is 0 Å². The third-order valence-electron chi connectivity index (χ3n) is 11.8. The van der Waals surface area contributed by atoms with Crippen molar-refractivity contribution in [3.63, 3.8) is 0 Å². The average molecular weight is 815 g/mol. The first-order chi connectivity index (χ1) is 28.6. The Kier molecular flexibility index (Phi) is 29.4. The first-order valence-corrected chi connectivity index (χ1v) is 25.9. The molecule has 0 fully saturated rings. The Bertz CT molecular complexity index is 1310. The predicted octanol–water partition coefficient (Wildman–Crippen LogP) is 18.6. The summed E-state index contributed by atoms with van der Waals surface area (Å²) >= 11 is 0. The second-order valence-corrected chi connectivity index (χ2v) is 18.2. The molecule has 0 N–H and O–H groups in total. The van der Waals surface area contributed by atoms with Crippen LogP contribution in [0.5, 0.6) is 17.2 Å². The summed E-state index contributed by atoms with van der Waals surface area (Å²) in [4.78, 5) is 0. The number of hydrogen-bond acceptors (Lipinski definition) is 3. The molecule has 0 spiro atoms. The van der Waals surface area contributed by atoms with Gasteiger partial charge >= 0.3 is 8.60 Å². The molecule has 0 aliphatic carbocycles. The largest absolute Gasteiger partial charge is 0.530 e. The van der Waals surface area contributed by atoms with E-state index < -0.39 is 8.60 Å². The van der Waals surface area contributed by atoms with Crippen LogP contribution in [0.4, 0.5) is 0 Å². The van der Waals surface area contributed by atoms with Crippen LogP contribution >= 0.6 is 8.60 Å². The zero-order valence-corrected chi connectivity index (χ0v) is 39.0. The normalized spacial score (nSPS) is 11.4. The van der Waals surface area contributed by atoms with E-state index in [0.717, 1.165) is 42.9 Å². The molecule has 3 rings (SSSR count). The van der Waals surface area contributed by atoms with Gasteiger partial charge < -0.3 is 13.6 Å². The highest BCUT2D eigenvalue weighted by Crippen LogP contribution is 2.44. The Morgan fingerprint density at radius 2 is 0.621 bits per heavy atom. The van der Waals surface area contributed by atoms with Gasteiger partial charge in [-0.05, 0) is 104 Å². The minimum absolute atomic E-state index is 0.800. The average Bonchev–Trinajstić information content (AvgIpc) is 3.24. The first-order valence-electron chi connectivity index (χ1n) is 24.8. The van der Waals surface area contributed by atoms with Gasteiger partial charge in [0.1, 0.15) is 17.2 Å². The minimum Gasteiger partial charge on any atom is -0.409 e. The molecule has 0 saturated carbocycles. The number of rotatable bonds is 38. The van der Waals surface area contributed by atoms with Crippen molar-refractivity contribution in [1.29, 1.82) is 0 Å². The van der Waals surface area contributed by atoms with E-state index in [4.69, 9.17) is 13.6 Å². The van der Waals surface area contributed by atoms with Crippen LogP contribution in [0.2, 0.25) is 0 Å². The third kappa shape index (κ3) is 23.9. The molecular formula is C54H87O3P. The van der Waals surface area contributed by atoms with Gasteiger partial charge in [0.2, 0.25) is 0 Å². The van der Waals surface area contributed by atoms with Crippen molar-refractivity contribution in [2.24, 2.45) is 0 Å². The number of unbranched alkanes of at least 4 members (excludes halogenated alkanes) is 24. The molecule has 4 heteroatoms. The Hall–Kier alpha value is -2.51. The minimum atomic E-state index is -1.73. The van der Waals surface area contributed by atoms with Crippen LogP contribution in [0.3, 0.4) is 0 Å². The van der Waals surface area contributed by atoms with Gasteiger partial charge in [0.05, 0.1) is 0 Å². The number of hydrogen-bond donors (Lipinski definition) is 0. The van der Waals surface area contributed by atoms with Gasteiger partial charge in [-0.3, -0.25) is 0 Å². The Balaban J connectivity index is 1.70. The lowest BCUT2D eigenvalue weighted by molar-refractivity contribution is 0.386. The van der Waals surface area contributed by atoms with Gasteiger partial charge in [0.15, 0.2) is 0 Å². The molecule has 0 aliphatic heterocycles. The Morgan fingerprint density at radius 3 is 1.00 bits per heavy atom. The molecular weight excluding hydrogens is 728 g/mol. The SMILES string of the molecule is CCCCCCCCCc1ccc(OP(Oc2ccc(CCCCCCCCC)cc2)Oc2ccc(CCCCCCCCC)cc2CCCCCCCCC)cc1. The fraction of sp³-hybridized carbons (Fsp3) is 0.667. The molecule has 0 unspecified atom stereocenters. The summed E-state index contributed by atoms with van der Waals surface area (Å²) in [5, 5.41) is 0. The van der Waals surface area contributed by atoms with Crippen molar-refractivity contribution >= 4 is 8.60 Å². The standard InChI is InChI=1S/C54H87O3P/c1-5-9-13-17-21-25-29-33-48-37-42-52(43-38-48)55-58(56-53-44-39-49(40-45-53)34-30-26-22-18-14-10-6-2)57-54-46-41-50(35-31-27-23-19-15-11-7-3)47-51(54)36-32-28-24-20-16-12-8-4/h37-47H,5-36H2,1-4H3. The van der Waals surface area contributed by atoms with E-state index in [1.54, 1.807) is 0 Å². The molecule has 0 amide bonds. The van der Waals surface area contributed by atoms with Crippen LogP contribution in [0, 0.1) is 0 Å². The van der Waals surface area contributed by atoms with Crippen molar-refractivity contribution in [2.45, 2.75) is 233 Å². The molecule has 0 saturated heterocycles. The maximum absolute atomic E-state index is 6.82. The summed E-state index contributed by atoms with van der Waals surface area (Å²) in [5.41, 5.74) is 5.47. The fourth-order valence-corrected chi connectivity index (χ4v) is 8.98. The molecule has 0 heterocycles.